The maximum Gasteiger partial charge on any atom is 0.207 e. The Kier molecular flexibility index (Phi) is 2.39. The summed E-state index contributed by atoms with van der Waals surface area (Å²) in [5.41, 5.74) is 7.17. The molecule has 3 aromatic rings. The van der Waals surface area contributed by atoms with Crippen molar-refractivity contribution >= 4 is 17.1 Å². The Morgan fingerprint density at radius 1 is 1.26 bits per heavy atom. The van der Waals surface area contributed by atoms with Crippen LogP contribution in [0.25, 0.3) is 16.9 Å². The average Bonchev–Trinajstić information content (AvgIpc) is 2.74. The second-order valence-corrected chi connectivity index (χ2v) is 3.90. The molecule has 2 heterocycles. The predicted octanol–water partition coefficient (Wildman–Crippen LogP) is 2.01. The molecule has 0 aliphatic carbocycles. The highest BCUT2D eigenvalue weighted by atomic mass is 19.1. The lowest BCUT2D eigenvalue weighted by atomic mass is 10.2. The zero-order valence-electron chi connectivity index (χ0n) is 9.71. The number of fused-ring (bicyclic) bond motifs is 1. The van der Waals surface area contributed by atoms with E-state index in [-0.39, 0.29) is 11.5 Å². The molecule has 3 rings (SSSR count). The minimum absolute atomic E-state index is 0.0841. The van der Waals surface area contributed by atoms with Crippen molar-refractivity contribution in [2.75, 3.05) is 5.73 Å². The Balaban J connectivity index is 2.41. The molecule has 0 fully saturated rings. The molecule has 2 N–H and O–H groups in total. The highest BCUT2D eigenvalue weighted by molar-refractivity contribution is 5.77. The smallest absolute Gasteiger partial charge is 0.207 e. The van der Waals surface area contributed by atoms with Gasteiger partial charge in [-0.3, -0.25) is 4.57 Å². The number of nitrogens with two attached hydrogens (primary N) is 1. The van der Waals surface area contributed by atoms with Gasteiger partial charge in [-0.1, -0.05) is 6.07 Å². The molecular formula is C13H8FN5. The van der Waals surface area contributed by atoms with Gasteiger partial charge in [-0.05, 0) is 24.3 Å². The lowest BCUT2D eigenvalue weighted by molar-refractivity contribution is 0.623. The first-order valence-corrected chi connectivity index (χ1v) is 5.50. The summed E-state index contributed by atoms with van der Waals surface area (Å²) in [7, 11) is 0. The molecular weight excluding hydrogens is 245 g/mol. The van der Waals surface area contributed by atoms with Crippen molar-refractivity contribution < 1.29 is 4.39 Å². The third-order valence-electron chi connectivity index (χ3n) is 2.79. The van der Waals surface area contributed by atoms with E-state index in [1.165, 1.54) is 16.7 Å². The Labute approximate surface area is 107 Å². The second-order valence-electron chi connectivity index (χ2n) is 3.90. The molecule has 0 radical (unpaired) electrons. The van der Waals surface area contributed by atoms with Crippen molar-refractivity contribution in [2.45, 2.75) is 0 Å². The summed E-state index contributed by atoms with van der Waals surface area (Å²) in [6.45, 7) is 0. The molecule has 92 valence electrons. The quantitative estimate of drug-likeness (QED) is 0.719. The summed E-state index contributed by atoms with van der Waals surface area (Å²) in [6.07, 6.45) is 1.59. The molecule has 0 amide bonds. The first kappa shape index (κ1) is 11.2. The van der Waals surface area contributed by atoms with Crippen LogP contribution in [-0.2, 0) is 0 Å². The maximum absolute atomic E-state index is 13.7. The van der Waals surface area contributed by atoms with Gasteiger partial charge in [-0.25, -0.2) is 14.4 Å². The molecule has 0 aliphatic rings. The number of hydrogen-bond donors (Lipinski definition) is 1. The predicted molar refractivity (Wildman–Crippen MR) is 68.0 cm³/mol. The Hall–Kier alpha value is -2.94. The van der Waals surface area contributed by atoms with Crippen LogP contribution in [0.4, 0.5) is 10.3 Å². The highest BCUT2D eigenvalue weighted by Crippen LogP contribution is 2.24. The van der Waals surface area contributed by atoms with Crippen molar-refractivity contribution in [1.29, 1.82) is 5.26 Å². The van der Waals surface area contributed by atoms with Gasteiger partial charge in [0.25, 0.3) is 0 Å². The third-order valence-corrected chi connectivity index (χ3v) is 2.79. The van der Waals surface area contributed by atoms with Crippen LogP contribution < -0.4 is 5.73 Å². The molecule has 1 aromatic carbocycles. The number of imidazole rings is 1. The maximum atomic E-state index is 13.7. The standard InChI is InChI=1S/C13H8FN5/c14-9-3-1-5-11(8(9)7-15)19-12-10(18-13(19)16)4-2-6-17-12/h1-6H,(H2,16,18). The fraction of sp³-hybridized carbons (Fsp3) is 0. The molecule has 0 aliphatic heterocycles. The van der Waals surface area contributed by atoms with Crippen LogP contribution in [0.5, 0.6) is 0 Å². The van der Waals surface area contributed by atoms with Crippen LogP contribution in [0.1, 0.15) is 5.56 Å². The average molecular weight is 253 g/mol. The van der Waals surface area contributed by atoms with Crippen molar-refractivity contribution in [2.24, 2.45) is 0 Å². The van der Waals surface area contributed by atoms with E-state index in [0.717, 1.165) is 0 Å². The summed E-state index contributed by atoms with van der Waals surface area (Å²) >= 11 is 0. The fourth-order valence-corrected chi connectivity index (χ4v) is 1.98. The summed E-state index contributed by atoms with van der Waals surface area (Å²) in [5.74, 6) is -0.437. The number of anilines is 1. The lowest BCUT2D eigenvalue weighted by Gasteiger charge is -2.08. The SMILES string of the molecule is N#Cc1c(F)cccc1-n1c(N)nc2cccnc21. The largest absolute Gasteiger partial charge is 0.369 e. The van der Waals surface area contributed by atoms with Gasteiger partial charge in [0, 0.05) is 6.20 Å². The number of nitriles is 1. The highest BCUT2D eigenvalue weighted by Gasteiger charge is 2.16. The first-order valence-electron chi connectivity index (χ1n) is 5.50. The minimum atomic E-state index is -0.600. The fourth-order valence-electron chi connectivity index (χ4n) is 1.98. The van der Waals surface area contributed by atoms with Crippen molar-refractivity contribution in [3.8, 4) is 11.8 Å². The van der Waals surface area contributed by atoms with Crippen LogP contribution in [0.3, 0.4) is 0 Å². The Morgan fingerprint density at radius 3 is 2.89 bits per heavy atom. The first-order chi connectivity index (χ1) is 9.22. The van der Waals surface area contributed by atoms with E-state index < -0.39 is 5.82 Å². The van der Waals surface area contributed by atoms with E-state index in [9.17, 15) is 4.39 Å². The normalized spacial score (nSPS) is 10.5. The number of rotatable bonds is 1. The Bertz CT molecular complexity index is 816. The minimum Gasteiger partial charge on any atom is -0.369 e. The number of nitrogens with zero attached hydrogens (tertiary/aromatic N) is 4. The summed E-state index contributed by atoms with van der Waals surface area (Å²) < 4.78 is 15.1. The zero-order chi connectivity index (χ0) is 13.4. The van der Waals surface area contributed by atoms with Gasteiger partial charge >= 0.3 is 0 Å². The van der Waals surface area contributed by atoms with Gasteiger partial charge in [-0.2, -0.15) is 5.26 Å². The van der Waals surface area contributed by atoms with Gasteiger partial charge in [0.05, 0.1) is 5.69 Å². The van der Waals surface area contributed by atoms with Crippen LogP contribution in [-0.4, -0.2) is 14.5 Å². The van der Waals surface area contributed by atoms with Crippen LogP contribution in [0.2, 0.25) is 0 Å². The number of halogens is 1. The molecule has 19 heavy (non-hydrogen) atoms. The van der Waals surface area contributed by atoms with E-state index in [4.69, 9.17) is 11.0 Å². The molecule has 0 saturated carbocycles. The van der Waals surface area contributed by atoms with Crippen LogP contribution >= 0.6 is 0 Å². The lowest BCUT2D eigenvalue weighted by Crippen LogP contribution is -2.04. The molecule has 6 heteroatoms. The summed E-state index contributed by atoms with van der Waals surface area (Å²) in [6, 6.07) is 9.67. The van der Waals surface area contributed by atoms with Gasteiger partial charge in [-0.15, -0.1) is 0 Å². The van der Waals surface area contributed by atoms with E-state index >= 15 is 0 Å². The number of nitrogen functional groups attached to an aromatic ring is 1. The molecule has 0 spiro atoms. The monoisotopic (exact) mass is 253 g/mol. The molecule has 0 unspecified atom stereocenters. The van der Waals surface area contributed by atoms with Crippen molar-refractivity contribution in [3.05, 3.63) is 47.9 Å². The molecule has 0 bridgehead atoms. The van der Waals surface area contributed by atoms with Crippen LogP contribution in [0, 0.1) is 17.1 Å². The molecule has 2 aromatic heterocycles. The number of benzene rings is 1. The van der Waals surface area contributed by atoms with Gasteiger partial charge in [0.1, 0.15) is 23.0 Å². The number of pyridine rings is 1. The number of hydrogen-bond acceptors (Lipinski definition) is 4. The van der Waals surface area contributed by atoms with Crippen LogP contribution in [0.15, 0.2) is 36.5 Å². The van der Waals surface area contributed by atoms with E-state index in [0.29, 0.717) is 16.9 Å². The van der Waals surface area contributed by atoms with E-state index in [2.05, 4.69) is 9.97 Å². The van der Waals surface area contributed by atoms with Gasteiger partial charge < -0.3 is 5.73 Å². The van der Waals surface area contributed by atoms with Gasteiger partial charge in [0.2, 0.25) is 5.95 Å². The molecule has 0 saturated heterocycles. The van der Waals surface area contributed by atoms with Crippen molar-refractivity contribution in [3.63, 3.8) is 0 Å². The van der Waals surface area contributed by atoms with E-state index in [1.54, 1.807) is 24.4 Å². The second kappa shape index (κ2) is 4.07. The molecule has 5 nitrogen and oxygen atoms in total. The Morgan fingerprint density at radius 2 is 2.11 bits per heavy atom. The number of aromatic nitrogens is 3. The zero-order valence-corrected chi connectivity index (χ0v) is 9.71. The molecule has 0 atom stereocenters. The summed E-state index contributed by atoms with van der Waals surface area (Å²) in [5, 5.41) is 9.08. The summed E-state index contributed by atoms with van der Waals surface area (Å²) in [4.78, 5) is 8.31. The van der Waals surface area contributed by atoms with E-state index in [1.807, 2.05) is 6.07 Å². The third kappa shape index (κ3) is 1.60. The topological polar surface area (TPSA) is 80.5 Å². The van der Waals surface area contributed by atoms with Gasteiger partial charge in [0.15, 0.2) is 5.65 Å². The van der Waals surface area contributed by atoms with Crippen molar-refractivity contribution in [1.82, 2.24) is 14.5 Å².